The molecule has 0 saturated heterocycles. The Hall–Kier alpha value is -1.92. The highest BCUT2D eigenvalue weighted by atomic mass is 16.5. The summed E-state index contributed by atoms with van der Waals surface area (Å²) in [6.07, 6.45) is 74.6. The summed E-state index contributed by atoms with van der Waals surface area (Å²) in [6, 6.07) is -0.634. The molecular formula is C64H121NO5. The average Bonchev–Trinajstić information content (AvgIpc) is 3.36. The van der Waals surface area contributed by atoms with Gasteiger partial charge in [-0.05, 0) is 64.2 Å². The number of nitrogens with one attached hydrogen (secondary N) is 1. The second-order valence-electron chi connectivity index (χ2n) is 21.4. The minimum absolute atomic E-state index is 0.00484. The predicted octanol–water partition coefficient (Wildman–Crippen LogP) is 19.6. The van der Waals surface area contributed by atoms with Gasteiger partial charge in [-0.3, -0.25) is 9.59 Å². The molecule has 0 aliphatic carbocycles. The molecule has 0 heterocycles. The lowest BCUT2D eigenvalue weighted by molar-refractivity contribution is -0.143. The van der Waals surface area contributed by atoms with Gasteiger partial charge in [0.15, 0.2) is 0 Å². The lowest BCUT2D eigenvalue weighted by atomic mass is 10.0. The Balaban J connectivity index is 3.45. The normalized spacial score (nSPS) is 12.8. The van der Waals surface area contributed by atoms with Crippen LogP contribution in [0, 0.1) is 0 Å². The van der Waals surface area contributed by atoms with Gasteiger partial charge in [-0.2, -0.15) is 0 Å². The molecule has 70 heavy (non-hydrogen) atoms. The van der Waals surface area contributed by atoms with Gasteiger partial charge in [0.2, 0.25) is 5.91 Å². The van der Waals surface area contributed by atoms with Crippen LogP contribution in [0.3, 0.4) is 0 Å². The summed E-state index contributed by atoms with van der Waals surface area (Å²) in [5.41, 5.74) is 0. The SMILES string of the molecule is CCCCCC/C=C\C/C=C\CCCCCCCCCC(=O)OCCCCCCCCCCCCCCCCCCC(=O)NC(CO)C(O)/C=C/CCCCCCCCCCCCCCCCCCC. The van der Waals surface area contributed by atoms with Crippen molar-refractivity contribution in [2.75, 3.05) is 13.2 Å². The lowest BCUT2D eigenvalue weighted by Gasteiger charge is -2.20. The minimum Gasteiger partial charge on any atom is -0.466 e. The molecule has 0 radical (unpaired) electrons. The monoisotopic (exact) mass is 984 g/mol. The highest BCUT2D eigenvalue weighted by molar-refractivity contribution is 5.76. The van der Waals surface area contributed by atoms with Crippen LogP contribution in [-0.2, 0) is 14.3 Å². The molecule has 0 rings (SSSR count). The molecule has 1 amide bonds. The first-order valence-electron chi connectivity index (χ1n) is 31.3. The average molecular weight is 985 g/mol. The van der Waals surface area contributed by atoms with Crippen molar-refractivity contribution in [3.63, 3.8) is 0 Å². The molecule has 0 aliphatic rings. The van der Waals surface area contributed by atoms with E-state index in [1.165, 1.54) is 257 Å². The number of aliphatic hydroxyl groups is 2. The second-order valence-corrected chi connectivity index (χ2v) is 21.4. The van der Waals surface area contributed by atoms with Crippen LogP contribution in [0.1, 0.15) is 335 Å². The van der Waals surface area contributed by atoms with Crippen molar-refractivity contribution in [3.8, 4) is 0 Å². The Morgan fingerprint density at radius 1 is 0.400 bits per heavy atom. The number of amides is 1. The molecular weight excluding hydrogens is 863 g/mol. The Labute approximate surface area is 436 Å². The summed E-state index contributed by atoms with van der Waals surface area (Å²) in [4.78, 5) is 24.6. The number of unbranched alkanes of at least 4 members (excludes halogenated alkanes) is 43. The van der Waals surface area contributed by atoms with E-state index in [-0.39, 0.29) is 18.5 Å². The second kappa shape index (κ2) is 59.6. The van der Waals surface area contributed by atoms with Crippen LogP contribution in [0.4, 0.5) is 0 Å². The van der Waals surface area contributed by atoms with Gasteiger partial charge in [0.25, 0.3) is 0 Å². The first kappa shape index (κ1) is 68.1. The van der Waals surface area contributed by atoms with Crippen LogP contribution in [-0.4, -0.2) is 47.4 Å². The van der Waals surface area contributed by atoms with E-state index in [0.717, 1.165) is 51.4 Å². The fourth-order valence-electron chi connectivity index (χ4n) is 9.61. The van der Waals surface area contributed by atoms with E-state index < -0.39 is 12.1 Å². The van der Waals surface area contributed by atoms with Crippen molar-refractivity contribution in [1.82, 2.24) is 5.32 Å². The molecule has 0 aliphatic heterocycles. The topological polar surface area (TPSA) is 95.9 Å². The van der Waals surface area contributed by atoms with Gasteiger partial charge in [-0.1, -0.05) is 294 Å². The van der Waals surface area contributed by atoms with Crippen LogP contribution in [0.2, 0.25) is 0 Å². The summed E-state index contributed by atoms with van der Waals surface area (Å²) in [5.74, 6) is -0.0776. The summed E-state index contributed by atoms with van der Waals surface area (Å²) >= 11 is 0. The third kappa shape index (κ3) is 55.4. The maximum atomic E-state index is 12.5. The van der Waals surface area contributed by atoms with Crippen molar-refractivity contribution in [2.45, 2.75) is 347 Å². The summed E-state index contributed by atoms with van der Waals surface area (Å²) in [6.45, 7) is 4.89. The summed E-state index contributed by atoms with van der Waals surface area (Å²) in [5, 5.41) is 23.2. The van der Waals surface area contributed by atoms with E-state index in [1.54, 1.807) is 6.08 Å². The smallest absolute Gasteiger partial charge is 0.305 e. The molecule has 2 unspecified atom stereocenters. The predicted molar refractivity (Wildman–Crippen MR) is 306 cm³/mol. The van der Waals surface area contributed by atoms with E-state index in [1.807, 2.05) is 6.08 Å². The molecule has 0 aromatic carbocycles. The van der Waals surface area contributed by atoms with Crippen LogP contribution in [0.15, 0.2) is 36.5 Å². The number of carbonyl (C=O) groups excluding carboxylic acids is 2. The molecule has 0 fully saturated rings. The standard InChI is InChI=1S/C64H121NO5/c1-3-5-7-9-11-13-15-17-19-21-23-24-28-32-36-40-44-48-52-56-62(67)61(60-66)65-63(68)57-53-49-45-41-37-33-29-26-27-31-35-39-43-47-51-55-59-70-64(69)58-54-50-46-42-38-34-30-25-22-20-18-16-14-12-10-8-6-4-2/h14,16,20,22,52,56,61-62,66-67H,3-13,15,17-19,21,23-51,53-55,57-60H2,1-2H3,(H,65,68)/b16-14-,22-20-,56-52+. The van der Waals surface area contributed by atoms with Crippen LogP contribution < -0.4 is 5.32 Å². The molecule has 6 nitrogen and oxygen atoms in total. The number of allylic oxidation sites excluding steroid dienone is 5. The van der Waals surface area contributed by atoms with Gasteiger partial charge < -0.3 is 20.3 Å². The molecule has 0 bridgehead atoms. The Morgan fingerprint density at radius 3 is 1.10 bits per heavy atom. The van der Waals surface area contributed by atoms with E-state index in [9.17, 15) is 19.8 Å². The third-order valence-corrected chi connectivity index (χ3v) is 14.4. The number of rotatable bonds is 58. The first-order valence-corrected chi connectivity index (χ1v) is 31.3. The van der Waals surface area contributed by atoms with E-state index >= 15 is 0 Å². The number of hydrogen-bond acceptors (Lipinski definition) is 5. The van der Waals surface area contributed by atoms with Gasteiger partial charge in [0.05, 0.1) is 25.4 Å². The Morgan fingerprint density at radius 2 is 0.714 bits per heavy atom. The third-order valence-electron chi connectivity index (χ3n) is 14.4. The fraction of sp³-hybridized carbons (Fsp3) is 0.875. The quantitative estimate of drug-likeness (QED) is 0.0321. The highest BCUT2D eigenvalue weighted by Gasteiger charge is 2.18. The molecule has 0 aromatic rings. The van der Waals surface area contributed by atoms with Crippen LogP contribution in [0.25, 0.3) is 0 Å². The maximum Gasteiger partial charge on any atom is 0.305 e. The molecule has 0 spiro atoms. The van der Waals surface area contributed by atoms with Crippen molar-refractivity contribution >= 4 is 11.9 Å². The van der Waals surface area contributed by atoms with Gasteiger partial charge >= 0.3 is 5.97 Å². The molecule has 0 saturated carbocycles. The molecule has 6 heteroatoms. The van der Waals surface area contributed by atoms with Gasteiger partial charge in [0, 0.05) is 12.8 Å². The van der Waals surface area contributed by atoms with Gasteiger partial charge in [0.1, 0.15) is 0 Å². The fourth-order valence-corrected chi connectivity index (χ4v) is 9.61. The van der Waals surface area contributed by atoms with Crippen molar-refractivity contribution in [2.24, 2.45) is 0 Å². The summed E-state index contributed by atoms with van der Waals surface area (Å²) < 4.78 is 5.49. The number of aliphatic hydroxyl groups excluding tert-OH is 2. The maximum absolute atomic E-state index is 12.5. The molecule has 3 N–H and O–H groups in total. The van der Waals surface area contributed by atoms with E-state index in [0.29, 0.717) is 19.4 Å². The minimum atomic E-state index is -0.850. The number of ether oxygens (including phenoxy) is 1. The number of carbonyl (C=O) groups is 2. The van der Waals surface area contributed by atoms with Crippen LogP contribution >= 0.6 is 0 Å². The lowest BCUT2D eigenvalue weighted by Crippen LogP contribution is -2.45. The number of esters is 1. The van der Waals surface area contributed by atoms with Gasteiger partial charge in [-0.25, -0.2) is 0 Å². The Bertz CT molecular complexity index is 1130. The van der Waals surface area contributed by atoms with E-state index in [4.69, 9.17) is 4.74 Å². The number of hydrogen-bond donors (Lipinski definition) is 3. The molecule has 412 valence electrons. The summed E-state index contributed by atoms with van der Waals surface area (Å²) in [7, 11) is 0. The largest absolute Gasteiger partial charge is 0.466 e. The zero-order valence-electron chi connectivity index (χ0n) is 47.0. The first-order chi connectivity index (χ1) is 34.5. The van der Waals surface area contributed by atoms with Crippen molar-refractivity contribution in [3.05, 3.63) is 36.5 Å². The highest BCUT2D eigenvalue weighted by Crippen LogP contribution is 2.17. The van der Waals surface area contributed by atoms with Gasteiger partial charge in [-0.15, -0.1) is 0 Å². The molecule has 0 aromatic heterocycles. The van der Waals surface area contributed by atoms with E-state index in [2.05, 4.69) is 43.5 Å². The molecule has 2 atom stereocenters. The zero-order chi connectivity index (χ0) is 50.7. The van der Waals surface area contributed by atoms with Crippen molar-refractivity contribution in [1.29, 1.82) is 0 Å². The van der Waals surface area contributed by atoms with Crippen molar-refractivity contribution < 1.29 is 24.5 Å². The Kier molecular flexibility index (Phi) is 58.0. The van der Waals surface area contributed by atoms with Crippen LogP contribution in [0.5, 0.6) is 0 Å². The zero-order valence-corrected chi connectivity index (χ0v) is 47.0.